The van der Waals surface area contributed by atoms with Gasteiger partial charge in [0.25, 0.3) is 0 Å². The molecular formula is C12H11BO3. The molecule has 4 heteroatoms. The summed E-state index contributed by atoms with van der Waals surface area (Å²) in [5, 5.41) is 19.0. The van der Waals surface area contributed by atoms with E-state index in [1.807, 2.05) is 30.4 Å². The molecule has 1 aliphatic heterocycles. The molecule has 2 atom stereocenters. The molecule has 0 saturated carbocycles. The van der Waals surface area contributed by atoms with Crippen LogP contribution in [0.5, 0.6) is 0 Å². The Bertz CT molecular complexity index is 471. The van der Waals surface area contributed by atoms with E-state index in [2.05, 4.69) is 0 Å². The van der Waals surface area contributed by atoms with Gasteiger partial charge in [0.2, 0.25) is 0 Å². The summed E-state index contributed by atoms with van der Waals surface area (Å²) in [6, 6.07) is 0. The van der Waals surface area contributed by atoms with Crippen molar-refractivity contribution in [2.24, 2.45) is 5.41 Å². The van der Waals surface area contributed by atoms with Gasteiger partial charge in [0, 0.05) is 11.4 Å². The number of allylic oxidation sites excluding steroid dienone is 7. The smallest absolute Gasteiger partial charge is 0.460 e. The second-order valence-electron chi connectivity index (χ2n) is 4.13. The second kappa shape index (κ2) is 3.24. The average molecular weight is 214 g/mol. The van der Waals surface area contributed by atoms with Crippen molar-refractivity contribution in [1.82, 2.24) is 0 Å². The van der Waals surface area contributed by atoms with E-state index in [1.165, 1.54) is 0 Å². The standard InChI is InChI=1S/C12H11BO3/c14-13(15)10-5-3-6-11-12(10)7-2-1-4-9(12)8-16-11/h1-8,10,14-15H. The lowest BCUT2D eigenvalue weighted by Gasteiger charge is -2.36. The molecule has 0 aromatic heterocycles. The van der Waals surface area contributed by atoms with Crippen molar-refractivity contribution < 1.29 is 14.8 Å². The maximum Gasteiger partial charge on any atom is 0.460 e. The largest absolute Gasteiger partial charge is 0.468 e. The summed E-state index contributed by atoms with van der Waals surface area (Å²) in [7, 11) is -1.40. The molecule has 0 fully saturated rings. The maximum absolute atomic E-state index is 9.49. The van der Waals surface area contributed by atoms with E-state index in [0.29, 0.717) is 0 Å². The maximum atomic E-state index is 9.49. The number of hydrogen-bond donors (Lipinski definition) is 2. The first-order valence-corrected chi connectivity index (χ1v) is 5.23. The molecule has 16 heavy (non-hydrogen) atoms. The molecule has 0 saturated heterocycles. The Kier molecular flexibility index (Phi) is 1.96. The first-order chi connectivity index (χ1) is 7.75. The van der Waals surface area contributed by atoms with Crippen LogP contribution in [0.2, 0.25) is 5.82 Å². The molecule has 2 aliphatic carbocycles. The Morgan fingerprint density at radius 1 is 1.25 bits per heavy atom. The van der Waals surface area contributed by atoms with Crippen LogP contribution in [0.25, 0.3) is 0 Å². The first-order valence-electron chi connectivity index (χ1n) is 5.23. The van der Waals surface area contributed by atoms with Gasteiger partial charge in [0.1, 0.15) is 5.76 Å². The minimum absolute atomic E-state index is 0.401. The van der Waals surface area contributed by atoms with Crippen LogP contribution in [0.1, 0.15) is 0 Å². The van der Waals surface area contributed by atoms with Gasteiger partial charge in [-0.05, 0) is 6.08 Å². The predicted molar refractivity (Wildman–Crippen MR) is 61.0 cm³/mol. The highest BCUT2D eigenvalue weighted by Gasteiger charge is 2.52. The van der Waals surface area contributed by atoms with E-state index in [-0.39, 0.29) is 0 Å². The van der Waals surface area contributed by atoms with Gasteiger partial charge in [0.05, 0.1) is 11.7 Å². The third-order valence-electron chi connectivity index (χ3n) is 3.36. The second-order valence-corrected chi connectivity index (χ2v) is 4.13. The molecule has 3 aliphatic rings. The normalized spacial score (nSPS) is 33.8. The number of rotatable bonds is 1. The Morgan fingerprint density at radius 2 is 2.12 bits per heavy atom. The van der Waals surface area contributed by atoms with Crippen LogP contribution in [0.15, 0.2) is 60.1 Å². The van der Waals surface area contributed by atoms with Crippen LogP contribution in [-0.2, 0) is 4.74 Å². The quantitative estimate of drug-likeness (QED) is 0.647. The highest BCUT2D eigenvalue weighted by atomic mass is 16.5. The van der Waals surface area contributed by atoms with Gasteiger partial charge < -0.3 is 14.8 Å². The third-order valence-corrected chi connectivity index (χ3v) is 3.36. The van der Waals surface area contributed by atoms with Gasteiger partial charge in [-0.15, -0.1) is 0 Å². The van der Waals surface area contributed by atoms with E-state index in [1.54, 1.807) is 18.4 Å². The van der Waals surface area contributed by atoms with Crippen LogP contribution < -0.4 is 0 Å². The molecule has 1 heterocycles. The Labute approximate surface area is 93.9 Å². The van der Waals surface area contributed by atoms with Gasteiger partial charge in [-0.25, -0.2) is 0 Å². The van der Waals surface area contributed by atoms with Gasteiger partial charge in [0.15, 0.2) is 0 Å². The summed E-state index contributed by atoms with van der Waals surface area (Å²) in [4.78, 5) is 0. The Balaban J connectivity index is 2.16. The minimum atomic E-state index is -1.40. The summed E-state index contributed by atoms with van der Waals surface area (Å²) in [5.41, 5.74) is 0.432. The van der Waals surface area contributed by atoms with E-state index in [0.717, 1.165) is 11.3 Å². The average Bonchev–Trinajstić information content (AvgIpc) is 2.67. The van der Waals surface area contributed by atoms with Crippen molar-refractivity contribution in [2.45, 2.75) is 5.82 Å². The molecule has 0 amide bonds. The molecule has 0 radical (unpaired) electrons. The molecule has 80 valence electrons. The lowest BCUT2D eigenvalue weighted by atomic mass is 9.52. The molecule has 3 rings (SSSR count). The lowest BCUT2D eigenvalue weighted by Crippen LogP contribution is -2.37. The van der Waals surface area contributed by atoms with Crippen LogP contribution in [0.3, 0.4) is 0 Å². The van der Waals surface area contributed by atoms with Gasteiger partial charge in [-0.1, -0.05) is 36.5 Å². The molecular weight excluding hydrogens is 203 g/mol. The molecule has 0 bridgehead atoms. The van der Waals surface area contributed by atoms with Crippen molar-refractivity contribution in [3.63, 3.8) is 0 Å². The highest BCUT2D eigenvalue weighted by molar-refractivity contribution is 6.44. The summed E-state index contributed by atoms with van der Waals surface area (Å²) >= 11 is 0. The fourth-order valence-electron chi connectivity index (χ4n) is 2.58. The molecule has 3 nitrogen and oxygen atoms in total. The fraction of sp³-hybridized carbons (Fsp3) is 0.167. The predicted octanol–water partition coefficient (Wildman–Crippen LogP) is 1.31. The van der Waals surface area contributed by atoms with Gasteiger partial charge in [-0.2, -0.15) is 0 Å². The first kappa shape index (κ1) is 9.69. The summed E-state index contributed by atoms with van der Waals surface area (Å²) in [5.74, 6) is 0.353. The summed E-state index contributed by atoms with van der Waals surface area (Å²) in [6.07, 6.45) is 14.9. The minimum Gasteiger partial charge on any atom is -0.468 e. The molecule has 0 aromatic rings. The van der Waals surface area contributed by atoms with Crippen molar-refractivity contribution in [2.75, 3.05) is 0 Å². The summed E-state index contributed by atoms with van der Waals surface area (Å²) < 4.78 is 5.50. The van der Waals surface area contributed by atoms with E-state index >= 15 is 0 Å². The topological polar surface area (TPSA) is 49.7 Å². The van der Waals surface area contributed by atoms with Crippen molar-refractivity contribution in [3.8, 4) is 0 Å². The van der Waals surface area contributed by atoms with Crippen LogP contribution in [0.4, 0.5) is 0 Å². The molecule has 2 unspecified atom stereocenters. The van der Waals surface area contributed by atoms with Crippen LogP contribution >= 0.6 is 0 Å². The van der Waals surface area contributed by atoms with E-state index in [4.69, 9.17) is 4.74 Å². The molecule has 1 spiro atoms. The van der Waals surface area contributed by atoms with Crippen molar-refractivity contribution in [1.29, 1.82) is 0 Å². The zero-order valence-electron chi connectivity index (χ0n) is 8.58. The molecule has 0 aromatic carbocycles. The van der Waals surface area contributed by atoms with Crippen LogP contribution in [-0.4, -0.2) is 17.2 Å². The molecule has 2 N–H and O–H groups in total. The number of ether oxygens (including phenoxy) is 1. The monoisotopic (exact) mass is 214 g/mol. The van der Waals surface area contributed by atoms with Gasteiger partial charge >= 0.3 is 7.12 Å². The lowest BCUT2D eigenvalue weighted by molar-refractivity contribution is 0.289. The summed E-state index contributed by atoms with van der Waals surface area (Å²) in [6.45, 7) is 0. The van der Waals surface area contributed by atoms with Crippen LogP contribution in [0, 0.1) is 5.41 Å². The third kappa shape index (κ3) is 1.06. The van der Waals surface area contributed by atoms with Gasteiger partial charge in [-0.3, -0.25) is 0 Å². The SMILES string of the molecule is OB(O)C1C=CC=C2OC=C3C=CC=CC321. The number of hydrogen-bond acceptors (Lipinski definition) is 3. The highest BCUT2D eigenvalue weighted by Crippen LogP contribution is 2.56. The van der Waals surface area contributed by atoms with Crippen molar-refractivity contribution in [3.05, 3.63) is 60.1 Å². The Morgan fingerprint density at radius 3 is 2.94 bits per heavy atom. The van der Waals surface area contributed by atoms with E-state index < -0.39 is 18.4 Å². The zero-order chi connectivity index (χ0) is 11.2. The fourth-order valence-corrected chi connectivity index (χ4v) is 2.58. The van der Waals surface area contributed by atoms with Crippen molar-refractivity contribution >= 4 is 7.12 Å². The zero-order valence-corrected chi connectivity index (χ0v) is 8.58. The Hall–Kier alpha value is -1.52. The van der Waals surface area contributed by atoms with E-state index in [9.17, 15) is 10.0 Å².